The van der Waals surface area contributed by atoms with E-state index < -0.39 is 28.0 Å². The number of nitrogens with zero attached hydrogens (tertiary/aromatic N) is 2. The molecule has 0 spiro atoms. The Hall–Kier alpha value is -3.32. The van der Waals surface area contributed by atoms with Crippen molar-refractivity contribution in [2.45, 2.75) is 11.3 Å². The Labute approximate surface area is 187 Å². The van der Waals surface area contributed by atoms with Crippen molar-refractivity contribution >= 4 is 21.8 Å². The van der Waals surface area contributed by atoms with Crippen LogP contribution in [0.2, 0.25) is 0 Å². The summed E-state index contributed by atoms with van der Waals surface area (Å²) in [5, 5.41) is 0. The Bertz CT molecular complexity index is 1100. The Morgan fingerprint density at radius 2 is 1.45 bits per heavy atom. The lowest BCUT2D eigenvalue weighted by Crippen LogP contribution is -2.51. The van der Waals surface area contributed by atoms with Gasteiger partial charge in [-0.25, -0.2) is 8.42 Å². The van der Waals surface area contributed by atoms with Gasteiger partial charge >= 0.3 is 6.36 Å². The highest BCUT2D eigenvalue weighted by Crippen LogP contribution is 2.25. The minimum atomic E-state index is -4.88. The van der Waals surface area contributed by atoms with Gasteiger partial charge in [0, 0.05) is 31.7 Å². The second-order valence-corrected chi connectivity index (χ2v) is 8.92. The molecule has 1 aliphatic heterocycles. The van der Waals surface area contributed by atoms with Crippen LogP contribution in [0.4, 0.5) is 13.2 Å². The highest BCUT2D eigenvalue weighted by molar-refractivity contribution is 7.89. The fourth-order valence-corrected chi connectivity index (χ4v) is 4.51. The zero-order valence-electron chi connectivity index (χ0n) is 17.1. The van der Waals surface area contributed by atoms with Gasteiger partial charge in [-0.3, -0.25) is 9.59 Å². The van der Waals surface area contributed by atoms with Crippen LogP contribution < -0.4 is 15.2 Å². The first kappa shape index (κ1) is 24.3. The van der Waals surface area contributed by atoms with Gasteiger partial charge in [-0.15, -0.1) is 13.2 Å². The lowest BCUT2D eigenvalue weighted by atomic mass is 10.2. The topological polar surface area (TPSA) is 119 Å². The van der Waals surface area contributed by atoms with E-state index >= 15 is 0 Å². The molecule has 2 N–H and O–H groups in total. The lowest BCUT2D eigenvalue weighted by molar-refractivity contribution is -0.274. The van der Waals surface area contributed by atoms with E-state index in [0.29, 0.717) is 11.3 Å². The van der Waals surface area contributed by atoms with Crippen molar-refractivity contribution in [3.8, 4) is 11.5 Å². The van der Waals surface area contributed by atoms with Crippen LogP contribution in [0.5, 0.6) is 11.5 Å². The van der Waals surface area contributed by atoms with Gasteiger partial charge in [-0.2, -0.15) is 4.31 Å². The Morgan fingerprint density at radius 3 is 1.97 bits per heavy atom. The lowest BCUT2D eigenvalue weighted by Gasteiger charge is -2.34. The van der Waals surface area contributed by atoms with E-state index in [9.17, 15) is 31.2 Å². The number of carbonyl (C=O) groups is 2. The van der Waals surface area contributed by atoms with Crippen LogP contribution in [0.25, 0.3) is 0 Å². The average molecular weight is 487 g/mol. The fourth-order valence-electron chi connectivity index (χ4n) is 3.09. The van der Waals surface area contributed by atoms with Crippen LogP contribution in [0.1, 0.15) is 10.4 Å². The van der Waals surface area contributed by atoms with Crippen molar-refractivity contribution in [3.63, 3.8) is 0 Å². The number of sulfonamides is 1. The zero-order valence-corrected chi connectivity index (χ0v) is 17.9. The first-order valence-corrected chi connectivity index (χ1v) is 11.1. The smallest absolute Gasteiger partial charge is 0.484 e. The summed E-state index contributed by atoms with van der Waals surface area (Å²) >= 11 is 0. The third-order valence-electron chi connectivity index (χ3n) is 4.79. The van der Waals surface area contributed by atoms with E-state index in [1.807, 2.05) is 0 Å². The summed E-state index contributed by atoms with van der Waals surface area (Å²) in [5.74, 6) is -1.09. The summed E-state index contributed by atoms with van der Waals surface area (Å²) in [6.07, 6.45) is -4.88. The predicted octanol–water partition coefficient (Wildman–Crippen LogP) is 1.60. The summed E-state index contributed by atoms with van der Waals surface area (Å²) in [6, 6.07) is 9.85. The molecule has 1 aliphatic rings. The maximum atomic E-state index is 12.7. The van der Waals surface area contributed by atoms with Crippen LogP contribution in [0.3, 0.4) is 0 Å². The number of alkyl halides is 3. The molecule has 9 nitrogen and oxygen atoms in total. The van der Waals surface area contributed by atoms with Crippen LogP contribution in [-0.2, 0) is 14.8 Å². The quantitative estimate of drug-likeness (QED) is 0.634. The number of benzene rings is 2. The number of halogens is 3. The van der Waals surface area contributed by atoms with Gasteiger partial charge in [-0.05, 0) is 48.5 Å². The standard InChI is InChI=1S/C20H20F3N3O6S/c21-20(22,23)32-16-5-7-17(8-6-16)33(29,30)26-11-9-25(10-12-26)18(27)13-31-15-3-1-14(2-4-15)19(24)28/h1-8H,9-13H2,(H2,24,28). The molecule has 33 heavy (non-hydrogen) atoms. The number of piperazine rings is 1. The van der Waals surface area contributed by atoms with Crippen LogP contribution >= 0.6 is 0 Å². The molecule has 0 aromatic heterocycles. The van der Waals surface area contributed by atoms with Crippen LogP contribution in [0.15, 0.2) is 53.4 Å². The van der Waals surface area contributed by atoms with Gasteiger partial charge < -0.3 is 20.1 Å². The Balaban J connectivity index is 1.52. The molecule has 2 amide bonds. The summed E-state index contributed by atoms with van der Waals surface area (Å²) in [4.78, 5) is 24.7. The summed E-state index contributed by atoms with van der Waals surface area (Å²) in [6.45, 7) is 0.00230. The molecule has 0 radical (unpaired) electrons. The van der Waals surface area contributed by atoms with E-state index in [1.165, 1.54) is 29.2 Å². The number of hydrogen-bond donors (Lipinski definition) is 1. The number of carbonyl (C=O) groups excluding carboxylic acids is 2. The van der Waals surface area contributed by atoms with Gasteiger partial charge in [-0.1, -0.05) is 0 Å². The molecule has 0 bridgehead atoms. The minimum absolute atomic E-state index is 0.0161. The maximum Gasteiger partial charge on any atom is 0.573 e. The van der Waals surface area contributed by atoms with Crippen molar-refractivity contribution in [2.24, 2.45) is 5.73 Å². The summed E-state index contributed by atoms with van der Waals surface area (Å²) in [7, 11) is -3.95. The number of amides is 2. The number of nitrogens with two attached hydrogens (primary N) is 1. The average Bonchev–Trinajstić information content (AvgIpc) is 2.77. The molecule has 3 rings (SSSR count). The highest BCUT2D eigenvalue weighted by Gasteiger charge is 2.32. The molecule has 1 heterocycles. The molecule has 0 aliphatic carbocycles. The molecule has 1 fully saturated rings. The molecule has 1 saturated heterocycles. The van der Waals surface area contributed by atoms with Crippen molar-refractivity contribution in [1.29, 1.82) is 0 Å². The molecule has 2 aromatic carbocycles. The molecule has 2 aromatic rings. The first-order valence-electron chi connectivity index (χ1n) is 9.62. The van der Waals surface area contributed by atoms with Gasteiger partial charge in [0.1, 0.15) is 11.5 Å². The second kappa shape index (κ2) is 9.67. The minimum Gasteiger partial charge on any atom is -0.484 e. The fraction of sp³-hybridized carbons (Fsp3) is 0.300. The van der Waals surface area contributed by atoms with Crippen LogP contribution in [0, 0.1) is 0 Å². The summed E-state index contributed by atoms with van der Waals surface area (Å²) < 4.78 is 72.6. The van der Waals surface area contributed by atoms with Gasteiger partial charge in [0.25, 0.3) is 5.91 Å². The predicted molar refractivity (Wildman–Crippen MR) is 109 cm³/mol. The number of rotatable bonds is 7. The summed E-state index contributed by atoms with van der Waals surface area (Å²) in [5.41, 5.74) is 5.46. The van der Waals surface area contributed by atoms with E-state index in [4.69, 9.17) is 10.5 Å². The van der Waals surface area contributed by atoms with Crippen molar-refractivity contribution in [2.75, 3.05) is 32.8 Å². The zero-order chi connectivity index (χ0) is 24.2. The number of primary amides is 1. The monoisotopic (exact) mass is 487 g/mol. The van der Waals surface area contributed by atoms with Gasteiger partial charge in [0.05, 0.1) is 4.90 Å². The first-order chi connectivity index (χ1) is 15.5. The van der Waals surface area contributed by atoms with Gasteiger partial charge in [0.15, 0.2) is 6.61 Å². The normalized spacial score (nSPS) is 15.2. The van der Waals surface area contributed by atoms with E-state index in [0.717, 1.165) is 28.6 Å². The number of ether oxygens (including phenoxy) is 2. The molecule has 0 saturated carbocycles. The molecule has 0 atom stereocenters. The van der Waals surface area contributed by atoms with Crippen molar-refractivity contribution in [1.82, 2.24) is 9.21 Å². The van der Waals surface area contributed by atoms with Gasteiger partial charge in [0.2, 0.25) is 15.9 Å². The molecule has 178 valence electrons. The Kier molecular flexibility index (Phi) is 7.12. The highest BCUT2D eigenvalue weighted by atomic mass is 32.2. The van der Waals surface area contributed by atoms with E-state index in [1.54, 1.807) is 0 Å². The van der Waals surface area contributed by atoms with Crippen molar-refractivity contribution in [3.05, 3.63) is 54.1 Å². The Morgan fingerprint density at radius 1 is 0.909 bits per heavy atom. The second-order valence-electron chi connectivity index (χ2n) is 6.98. The maximum absolute atomic E-state index is 12.7. The molecule has 13 heteroatoms. The molecular formula is C20H20F3N3O6S. The number of hydrogen-bond acceptors (Lipinski definition) is 6. The molecular weight excluding hydrogens is 467 g/mol. The van der Waals surface area contributed by atoms with E-state index in [2.05, 4.69) is 4.74 Å². The molecule has 0 unspecified atom stereocenters. The third-order valence-corrected chi connectivity index (χ3v) is 6.70. The SMILES string of the molecule is NC(=O)c1ccc(OCC(=O)N2CCN(S(=O)(=O)c3ccc(OC(F)(F)F)cc3)CC2)cc1. The van der Waals surface area contributed by atoms with Crippen LogP contribution in [-0.4, -0.2) is 68.6 Å². The van der Waals surface area contributed by atoms with E-state index in [-0.39, 0.29) is 43.6 Å². The van der Waals surface area contributed by atoms with Crippen molar-refractivity contribution < 1.29 is 40.7 Å². The largest absolute Gasteiger partial charge is 0.573 e. The third kappa shape index (κ3) is 6.35.